The molecule has 2 aliphatic heterocycles. The number of halogens is 1. The molecule has 0 saturated carbocycles. The normalized spacial score (nSPS) is 18.8. The fourth-order valence-corrected chi connectivity index (χ4v) is 4.56. The smallest absolute Gasteiger partial charge is 0.220 e. The van der Waals surface area contributed by atoms with Crippen molar-refractivity contribution in [2.45, 2.75) is 32.2 Å². The summed E-state index contributed by atoms with van der Waals surface area (Å²) in [5.41, 5.74) is 1.41. The summed E-state index contributed by atoms with van der Waals surface area (Å²) < 4.78 is 0. The van der Waals surface area contributed by atoms with Gasteiger partial charge in [-0.15, -0.1) is 24.0 Å². The maximum absolute atomic E-state index is 11.6. The molecule has 0 aliphatic carbocycles. The Hall–Kier alpha value is -1.39. The number of nitrogens with zero attached hydrogens (tertiary/aromatic N) is 4. The predicted octanol–water partition coefficient (Wildman–Crippen LogP) is 2.24. The highest BCUT2D eigenvalue weighted by molar-refractivity contribution is 14.0. The van der Waals surface area contributed by atoms with Crippen LogP contribution in [0.25, 0.3) is 0 Å². The van der Waals surface area contributed by atoms with E-state index >= 15 is 0 Å². The minimum atomic E-state index is 0. The number of carbonyl (C=O) groups is 1. The first-order valence-electron chi connectivity index (χ1n) is 11.8. The summed E-state index contributed by atoms with van der Waals surface area (Å²) in [5.74, 6) is 1.66. The Balaban J connectivity index is 0.00000363. The van der Waals surface area contributed by atoms with Gasteiger partial charge in [0.05, 0.1) is 0 Å². The molecule has 1 aromatic rings. The van der Waals surface area contributed by atoms with E-state index < -0.39 is 0 Å². The quantitative estimate of drug-likeness (QED) is 0.223. The van der Waals surface area contributed by atoms with E-state index in [4.69, 9.17) is 0 Å². The molecule has 1 aromatic carbocycles. The van der Waals surface area contributed by atoms with Gasteiger partial charge >= 0.3 is 0 Å². The third-order valence-corrected chi connectivity index (χ3v) is 6.53. The molecular weight excluding hydrogens is 515 g/mol. The number of hydrogen-bond donors (Lipinski definition) is 2. The first-order chi connectivity index (χ1) is 15.2. The fourth-order valence-electron chi connectivity index (χ4n) is 4.56. The van der Waals surface area contributed by atoms with Crippen molar-refractivity contribution in [1.82, 2.24) is 25.3 Å². The van der Waals surface area contributed by atoms with Gasteiger partial charge in [-0.3, -0.25) is 14.7 Å². The highest BCUT2D eigenvalue weighted by atomic mass is 127. The van der Waals surface area contributed by atoms with Crippen LogP contribution in [-0.2, 0) is 11.3 Å². The summed E-state index contributed by atoms with van der Waals surface area (Å²) in [7, 11) is 3.58. The zero-order valence-corrected chi connectivity index (χ0v) is 22.1. The molecule has 180 valence electrons. The van der Waals surface area contributed by atoms with E-state index in [-0.39, 0.29) is 29.9 Å². The first kappa shape index (κ1) is 26.9. The Morgan fingerprint density at radius 2 is 1.69 bits per heavy atom. The van der Waals surface area contributed by atoms with E-state index in [2.05, 4.69) is 60.7 Å². The van der Waals surface area contributed by atoms with Gasteiger partial charge in [0.2, 0.25) is 5.91 Å². The van der Waals surface area contributed by atoms with Gasteiger partial charge in [0.15, 0.2) is 5.96 Å². The minimum Gasteiger partial charge on any atom is -0.359 e. The highest BCUT2D eigenvalue weighted by Crippen LogP contribution is 2.20. The minimum absolute atomic E-state index is 0. The third-order valence-electron chi connectivity index (χ3n) is 6.53. The molecule has 32 heavy (non-hydrogen) atoms. The number of aliphatic imine (C=N–C) groups is 1. The molecule has 2 fully saturated rings. The second-order valence-corrected chi connectivity index (χ2v) is 8.74. The lowest BCUT2D eigenvalue weighted by molar-refractivity contribution is -0.121. The SMILES string of the molecule is CN=C(NCCCN1CCN(Cc2ccccc2)CC1)N1CCC(CC(=O)NC)CC1.I. The summed E-state index contributed by atoms with van der Waals surface area (Å²) in [6.07, 6.45) is 3.89. The molecule has 2 aliphatic rings. The topological polar surface area (TPSA) is 63.2 Å². The molecule has 0 aromatic heterocycles. The van der Waals surface area contributed by atoms with Crippen molar-refractivity contribution in [3.63, 3.8) is 0 Å². The summed E-state index contributed by atoms with van der Waals surface area (Å²) in [6.45, 7) is 9.71. The molecule has 8 heteroatoms. The molecule has 0 radical (unpaired) electrons. The van der Waals surface area contributed by atoms with Crippen LogP contribution in [0.15, 0.2) is 35.3 Å². The average molecular weight is 557 g/mol. The van der Waals surface area contributed by atoms with Gasteiger partial charge in [-0.25, -0.2) is 0 Å². The first-order valence-corrected chi connectivity index (χ1v) is 11.8. The number of piperidine rings is 1. The lowest BCUT2D eigenvalue weighted by Gasteiger charge is -2.35. The fraction of sp³-hybridized carbons (Fsp3) is 0.667. The van der Waals surface area contributed by atoms with Crippen LogP contribution in [-0.4, -0.2) is 93.0 Å². The number of benzene rings is 1. The van der Waals surface area contributed by atoms with Crippen LogP contribution in [0.4, 0.5) is 0 Å². The average Bonchev–Trinajstić information content (AvgIpc) is 2.81. The van der Waals surface area contributed by atoms with Crippen molar-refractivity contribution in [3.05, 3.63) is 35.9 Å². The molecule has 3 rings (SSSR count). The predicted molar refractivity (Wildman–Crippen MR) is 143 cm³/mol. The largest absolute Gasteiger partial charge is 0.359 e. The second kappa shape index (κ2) is 14.7. The lowest BCUT2D eigenvalue weighted by atomic mass is 9.93. The summed E-state index contributed by atoms with van der Waals surface area (Å²) in [5, 5.41) is 6.28. The number of amides is 1. The lowest BCUT2D eigenvalue weighted by Crippen LogP contribution is -2.48. The molecule has 0 spiro atoms. The van der Waals surface area contributed by atoms with Crippen molar-refractivity contribution in [3.8, 4) is 0 Å². The van der Waals surface area contributed by atoms with E-state index in [0.29, 0.717) is 12.3 Å². The summed E-state index contributed by atoms with van der Waals surface area (Å²) >= 11 is 0. The molecule has 1 amide bonds. The van der Waals surface area contributed by atoms with Gasteiger partial charge in [-0.05, 0) is 37.3 Å². The van der Waals surface area contributed by atoms with Gasteiger partial charge in [-0.2, -0.15) is 0 Å². The number of rotatable bonds is 8. The van der Waals surface area contributed by atoms with Crippen LogP contribution >= 0.6 is 24.0 Å². The van der Waals surface area contributed by atoms with Gasteiger partial charge in [0, 0.05) is 72.9 Å². The van der Waals surface area contributed by atoms with E-state index in [1.165, 1.54) is 5.56 Å². The molecule has 0 bridgehead atoms. The maximum atomic E-state index is 11.6. The van der Waals surface area contributed by atoms with Crippen molar-refractivity contribution < 1.29 is 4.79 Å². The number of likely N-dealkylation sites (tertiary alicyclic amines) is 1. The summed E-state index contributed by atoms with van der Waals surface area (Å²) in [4.78, 5) is 23.5. The van der Waals surface area contributed by atoms with Crippen LogP contribution in [0.1, 0.15) is 31.2 Å². The monoisotopic (exact) mass is 556 g/mol. The standard InChI is InChI=1S/C24H40N6O.HI/c1-25-23(31)19-21-9-13-30(14-10-21)24(26-2)27-11-6-12-28-15-17-29(18-16-28)20-22-7-4-3-5-8-22;/h3-5,7-8,21H,6,9-20H2,1-2H3,(H,25,31)(H,26,27);1H. The Bertz CT molecular complexity index is 685. The van der Waals surface area contributed by atoms with Crippen LogP contribution in [0.5, 0.6) is 0 Å². The van der Waals surface area contributed by atoms with E-state index in [9.17, 15) is 4.79 Å². The van der Waals surface area contributed by atoms with Gasteiger partial charge in [-0.1, -0.05) is 30.3 Å². The van der Waals surface area contributed by atoms with E-state index in [1.54, 1.807) is 7.05 Å². The van der Waals surface area contributed by atoms with Crippen molar-refractivity contribution in [1.29, 1.82) is 0 Å². The highest BCUT2D eigenvalue weighted by Gasteiger charge is 2.23. The van der Waals surface area contributed by atoms with Crippen LogP contribution in [0.3, 0.4) is 0 Å². The maximum Gasteiger partial charge on any atom is 0.220 e. The van der Waals surface area contributed by atoms with Crippen LogP contribution in [0, 0.1) is 5.92 Å². The number of piperazine rings is 1. The van der Waals surface area contributed by atoms with E-state index in [1.807, 2.05) is 7.05 Å². The Morgan fingerprint density at radius 1 is 1.03 bits per heavy atom. The Labute approximate surface area is 211 Å². The number of nitrogens with one attached hydrogen (secondary N) is 2. The molecule has 0 atom stereocenters. The molecule has 2 saturated heterocycles. The van der Waals surface area contributed by atoms with Gasteiger partial charge in [0.1, 0.15) is 0 Å². The van der Waals surface area contributed by atoms with E-state index in [0.717, 1.165) is 84.1 Å². The van der Waals surface area contributed by atoms with Gasteiger partial charge < -0.3 is 20.4 Å². The van der Waals surface area contributed by atoms with Gasteiger partial charge in [0.25, 0.3) is 0 Å². The number of guanidine groups is 1. The van der Waals surface area contributed by atoms with Crippen LogP contribution in [0.2, 0.25) is 0 Å². The molecular formula is C24H41IN6O. The number of carbonyl (C=O) groups excluding carboxylic acids is 1. The van der Waals surface area contributed by atoms with Crippen molar-refractivity contribution in [2.75, 3.05) is 66.5 Å². The molecule has 0 unspecified atom stereocenters. The Kier molecular flexibility index (Phi) is 12.3. The molecule has 2 heterocycles. The molecule has 2 N–H and O–H groups in total. The van der Waals surface area contributed by atoms with Crippen LogP contribution < -0.4 is 10.6 Å². The molecule has 7 nitrogen and oxygen atoms in total. The second-order valence-electron chi connectivity index (χ2n) is 8.74. The summed E-state index contributed by atoms with van der Waals surface area (Å²) in [6, 6.07) is 10.8. The van der Waals surface area contributed by atoms with Crippen molar-refractivity contribution >= 4 is 35.8 Å². The zero-order valence-electron chi connectivity index (χ0n) is 19.8. The zero-order chi connectivity index (χ0) is 21.9. The Morgan fingerprint density at radius 3 is 2.31 bits per heavy atom. The van der Waals surface area contributed by atoms with Crippen molar-refractivity contribution in [2.24, 2.45) is 10.9 Å². The number of hydrogen-bond acceptors (Lipinski definition) is 4. The third kappa shape index (κ3) is 8.86.